The molecule has 27 heavy (non-hydrogen) atoms. The summed E-state index contributed by atoms with van der Waals surface area (Å²) in [5.74, 6) is -2.12. The van der Waals surface area contributed by atoms with E-state index in [1.54, 1.807) is 4.90 Å². The second-order valence-corrected chi connectivity index (χ2v) is 6.30. The molecule has 1 atom stereocenters. The van der Waals surface area contributed by atoms with Crippen molar-refractivity contribution >= 4 is 29.5 Å². The van der Waals surface area contributed by atoms with Crippen LogP contribution < -0.4 is 15.5 Å². The standard InChI is InChI=1S/C19H25N3O5/c1-3-9-20-19(26)21-16(23)12-27-18(25)14-10-17(24)22(11-14)15-8-6-5-7-13(15)4-2/h5-8,14H,3-4,9-12H2,1-2H3,(H2,20,21,23,26)/t14-/m1/s1. The van der Waals surface area contributed by atoms with Crippen LogP contribution in [-0.2, 0) is 25.5 Å². The van der Waals surface area contributed by atoms with Gasteiger partial charge in [-0.2, -0.15) is 0 Å². The summed E-state index contributed by atoms with van der Waals surface area (Å²) in [6.07, 6.45) is 1.55. The van der Waals surface area contributed by atoms with Crippen LogP contribution in [0.25, 0.3) is 0 Å². The van der Waals surface area contributed by atoms with Gasteiger partial charge in [-0.3, -0.25) is 19.7 Å². The molecule has 2 N–H and O–H groups in total. The van der Waals surface area contributed by atoms with Gasteiger partial charge >= 0.3 is 12.0 Å². The van der Waals surface area contributed by atoms with Crippen LogP contribution in [0.3, 0.4) is 0 Å². The summed E-state index contributed by atoms with van der Waals surface area (Å²) in [4.78, 5) is 49.1. The van der Waals surface area contributed by atoms with E-state index in [4.69, 9.17) is 4.74 Å². The van der Waals surface area contributed by atoms with Gasteiger partial charge in [-0.1, -0.05) is 32.0 Å². The van der Waals surface area contributed by atoms with Gasteiger partial charge in [-0.15, -0.1) is 0 Å². The Kier molecular flexibility index (Phi) is 7.34. The highest BCUT2D eigenvalue weighted by atomic mass is 16.5. The van der Waals surface area contributed by atoms with E-state index >= 15 is 0 Å². The van der Waals surface area contributed by atoms with Crippen molar-refractivity contribution < 1.29 is 23.9 Å². The number of urea groups is 1. The van der Waals surface area contributed by atoms with Gasteiger partial charge in [0.15, 0.2) is 6.61 Å². The summed E-state index contributed by atoms with van der Waals surface area (Å²) in [6.45, 7) is 3.98. The molecule has 0 radical (unpaired) electrons. The summed E-state index contributed by atoms with van der Waals surface area (Å²) in [5, 5.41) is 4.56. The second kappa shape index (κ2) is 9.70. The predicted molar refractivity (Wildman–Crippen MR) is 99.1 cm³/mol. The van der Waals surface area contributed by atoms with Crippen molar-refractivity contribution in [3.8, 4) is 0 Å². The molecule has 0 saturated carbocycles. The van der Waals surface area contributed by atoms with Crippen molar-refractivity contribution in [1.82, 2.24) is 10.6 Å². The van der Waals surface area contributed by atoms with Crippen LogP contribution in [0.1, 0.15) is 32.3 Å². The quantitative estimate of drug-likeness (QED) is 0.701. The maximum Gasteiger partial charge on any atom is 0.321 e. The number of esters is 1. The Hall–Kier alpha value is -2.90. The minimum absolute atomic E-state index is 0.0372. The van der Waals surface area contributed by atoms with Crippen LogP contribution in [0.5, 0.6) is 0 Å². The Balaban J connectivity index is 1.87. The highest BCUT2D eigenvalue weighted by Gasteiger charge is 2.37. The SMILES string of the molecule is CCCNC(=O)NC(=O)COC(=O)[C@@H]1CC(=O)N(c2ccccc2CC)C1. The number of nitrogens with one attached hydrogen (secondary N) is 2. The van der Waals surface area contributed by atoms with Gasteiger partial charge in [0.25, 0.3) is 5.91 Å². The first-order chi connectivity index (χ1) is 13.0. The van der Waals surface area contributed by atoms with Gasteiger partial charge < -0.3 is 15.0 Å². The molecule has 2 rings (SSSR count). The first-order valence-electron chi connectivity index (χ1n) is 9.08. The minimum Gasteiger partial charge on any atom is -0.455 e. The highest BCUT2D eigenvalue weighted by Crippen LogP contribution is 2.28. The Morgan fingerprint density at radius 1 is 1.22 bits per heavy atom. The minimum atomic E-state index is -0.713. The number of anilines is 1. The zero-order chi connectivity index (χ0) is 19.8. The summed E-state index contributed by atoms with van der Waals surface area (Å²) in [6, 6.07) is 6.93. The van der Waals surface area contributed by atoms with Crippen LogP contribution in [-0.4, -0.2) is 43.5 Å². The van der Waals surface area contributed by atoms with E-state index in [-0.39, 0.29) is 18.9 Å². The molecule has 0 unspecified atom stereocenters. The molecular formula is C19H25N3O5. The average molecular weight is 375 g/mol. The van der Waals surface area contributed by atoms with Gasteiger partial charge in [-0.05, 0) is 24.5 Å². The number of hydrogen-bond acceptors (Lipinski definition) is 5. The van der Waals surface area contributed by atoms with Crippen molar-refractivity contribution in [3.63, 3.8) is 0 Å². The van der Waals surface area contributed by atoms with Crippen LogP contribution in [0.4, 0.5) is 10.5 Å². The number of para-hydroxylation sites is 1. The largest absolute Gasteiger partial charge is 0.455 e. The van der Waals surface area contributed by atoms with Gasteiger partial charge in [0.2, 0.25) is 5.91 Å². The van der Waals surface area contributed by atoms with Crippen molar-refractivity contribution in [1.29, 1.82) is 0 Å². The molecule has 0 bridgehead atoms. The lowest BCUT2D eigenvalue weighted by Gasteiger charge is -2.19. The van der Waals surface area contributed by atoms with Crippen LogP contribution in [0.2, 0.25) is 0 Å². The number of imide groups is 1. The van der Waals surface area contributed by atoms with E-state index in [1.807, 2.05) is 38.1 Å². The van der Waals surface area contributed by atoms with E-state index in [9.17, 15) is 19.2 Å². The Labute approximate surface area is 158 Å². The zero-order valence-corrected chi connectivity index (χ0v) is 15.6. The molecule has 1 aliphatic heterocycles. The molecule has 1 aromatic carbocycles. The van der Waals surface area contributed by atoms with Gasteiger partial charge in [-0.25, -0.2) is 4.79 Å². The molecule has 1 aromatic rings. The number of aryl methyl sites for hydroxylation is 1. The number of benzene rings is 1. The van der Waals surface area contributed by atoms with Crippen LogP contribution in [0, 0.1) is 5.92 Å². The van der Waals surface area contributed by atoms with Crippen molar-refractivity contribution in [3.05, 3.63) is 29.8 Å². The molecule has 8 nitrogen and oxygen atoms in total. The summed E-state index contributed by atoms with van der Waals surface area (Å²) in [5.41, 5.74) is 1.82. The Morgan fingerprint density at radius 2 is 1.96 bits per heavy atom. The Morgan fingerprint density at radius 3 is 2.67 bits per heavy atom. The molecular weight excluding hydrogens is 350 g/mol. The number of nitrogens with zero attached hydrogens (tertiary/aromatic N) is 1. The lowest BCUT2D eigenvalue weighted by Crippen LogP contribution is -2.42. The second-order valence-electron chi connectivity index (χ2n) is 6.30. The van der Waals surface area contributed by atoms with E-state index in [0.29, 0.717) is 6.54 Å². The fourth-order valence-corrected chi connectivity index (χ4v) is 2.87. The van der Waals surface area contributed by atoms with Gasteiger partial charge in [0.1, 0.15) is 0 Å². The maximum absolute atomic E-state index is 12.3. The molecule has 1 saturated heterocycles. The van der Waals surface area contributed by atoms with E-state index < -0.39 is 30.4 Å². The molecule has 1 aliphatic rings. The smallest absolute Gasteiger partial charge is 0.321 e. The Bertz CT molecular complexity index is 719. The fourth-order valence-electron chi connectivity index (χ4n) is 2.87. The summed E-state index contributed by atoms with van der Waals surface area (Å²) < 4.78 is 4.97. The topological polar surface area (TPSA) is 105 Å². The van der Waals surface area contributed by atoms with Crippen molar-refractivity contribution in [2.45, 2.75) is 33.1 Å². The van der Waals surface area contributed by atoms with Crippen molar-refractivity contribution in [2.75, 3.05) is 24.6 Å². The van der Waals surface area contributed by atoms with Crippen molar-refractivity contribution in [2.24, 2.45) is 5.92 Å². The fraction of sp³-hybridized carbons (Fsp3) is 0.474. The van der Waals surface area contributed by atoms with E-state index in [1.165, 1.54) is 0 Å². The highest BCUT2D eigenvalue weighted by molar-refractivity contribution is 6.00. The van der Waals surface area contributed by atoms with E-state index in [2.05, 4.69) is 10.6 Å². The molecule has 4 amide bonds. The number of amides is 4. The van der Waals surface area contributed by atoms with Crippen LogP contribution in [0.15, 0.2) is 24.3 Å². The lowest BCUT2D eigenvalue weighted by atomic mass is 10.1. The van der Waals surface area contributed by atoms with E-state index in [0.717, 1.165) is 24.1 Å². The molecule has 0 aliphatic carbocycles. The molecule has 1 heterocycles. The predicted octanol–water partition coefficient (Wildman–Crippen LogP) is 1.38. The zero-order valence-electron chi connectivity index (χ0n) is 15.6. The third kappa shape index (κ3) is 5.54. The maximum atomic E-state index is 12.3. The number of rotatable bonds is 7. The number of carbonyl (C=O) groups excluding carboxylic acids is 4. The summed E-state index contributed by atoms with van der Waals surface area (Å²) in [7, 11) is 0. The van der Waals surface area contributed by atoms with Gasteiger partial charge in [0.05, 0.1) is 5.92 Å². The van der Waals surface area contributed by atoms with Crippen LogP contribution >= 0.6 is 0 Å². The first kappa shape index (κ1) is 20.4. The lowest BCUT2D eigenvalue weighted by molar-refractivity contribution is -0.152. The molecule has 0 aromatic heterocycles. The molecule has 146 valence electrons. The first-order valence-corrected chi connectivity index (χ1v) is 9.08. The number of hydrogen-bond donors (Lipinski definition) is 2. The summed E-state index contributed by atoms with van der Waals surface area (Å²) >= 11 is 0. The number of ether oxygens (including phenoxy) is 1. The average Bonchev–Trinajstić information content (AvgIpc) is 3.06. The third-order valence-electron chi connectivity index (χ3n) is 4.26. The monoisotopic (exact) mass is 375 g/mol. The molecule has 1 fully saturated rings. The number of carbonyl (C=O) groups is 4. The third-order valence-corrected chi connectivity index (χ3v) is 4.26. The van der Waals surface area contributed by atoms with Gasteiger partial charge in [0, 0.05) is 25.2 Å². The molecule has 8 heteroatoms. The molecule has 0 spiro atoms. The normalized spacial score (nSPS) is 16.1.